The molecule has 3 unspecified atom stereocenters. The number of carbonyl (C=O) groups excluding carboxylic acids is 2. The van der Waals surface area contributed by atoms with Crippen molar-refractivity contribution >= 4 is 24.6 Å². The average molecular weight is 455 g/mol. The van der Waals surface area contributed by atoms with E-state index in [0.29, 0.717) is 19.4 Å². The molecule has 0 saturated carbocycles. The Morgan fingerprint density at radius 1 is 1.09 bits per heavy atom. The molecule has 1 aliphatic heterocycles. The first kappa shape index (κ1) is 24.7. The molecule has 7 nitrogen and oxygen atoms in total. The number of amides is 2. The van der Waals surface area contributed by atoms with Gasteiger partial charge in [0.2, 0.25) is 11.8 Å². The number of nitrogens with zero attached hydrogens (tertiary/aromatic N) is 1. The second-order valence-corrected chi connectivity index (χ2v) is 8.88. The summed E-state index contributed by atoms with van der Waals surface area (Å²) in [5, 5.41) is 24.9. The van der Waals surface area contributed by atoms with Gasteiger partial charge in [0.1, 0.15) is 17.9 Å². The van der Waals surface area contributed by atoms with E-state index in [1.54, 1.807) is 12.1 Å². The third-order valence-corrected chi connectivity index (χ3v) is 5.81. The predicted octanol–water partition coefficient (Wildman–Crippen LogP) is 1.67. The zero-order valence-corrected chi connectivity index (χ0v) is 18.9. The SMILES string of the molecule is CC(C)CC(NC(=O)C(Cc1ccccc1)NC(=O)C1CCN1c1ccc(F)cc1)B(O)O. The van der Waals surface area contributed by atoms with Crippen LogP contribution in [0.3, 0.4) is 0 Å². The number of hydrogen-bond donors (Lipinski definition) is 4. The molecule has 176 valence electrons. The smallest absolute Gasteiger partial charge is 0.426 e. The highest BCUT2D eigenvalue weighted by molar-refractivity contribution is 6.43. The van der Waals surface area contributed by atoms with Crippen molar-refractivity contribution in [2.24, 2.45) is 5.92 Å². The maximum atomic E-state index is 13.3. The van der Waals surface area contributed by atoms with Crippen molar-refractivity contribution in [1.29, 1.82) is 0 Å². The summed E-state index contributed by atoms with van der Waals surface area (Å²) >= 11 is 0. The lowest BCUT2D eigenvalue weighted by Gasteiger charge is -2.42. The van der Waals surface area contributed by atoms with E-state index >= 15 is 0 Å². The van der Waals surface area contributed by atoms with E-state index in [-0.39, 0.29) is 24.1 Å². The number of nitrogens with one attached hydrogen (secondary N) is 2. The summed E-state index contributed by atoms with van der Waals surface area (Å²) in [6, 6.07) is 13.9. The van der Waals surface area contributed by atoms with Gasteiger partial charge in [-0.3, -0.25) is 9.59 Å². The molecule has 1 aliphatic rings. The molecule has 2 amide bonds. The number of carbonyl (C=O) groups is 2. The normalized spacial score (nSPS) is 17.2. The molecule has 0 aromatic heterocycles. The van der Waals surface area contributed by atoms with Gasteiger partial charge in [0.15, 0.2) is 0 Å². The van der Waals surface area contributed by atoms with Crippen molar-refractivity contribution < 1.29 is 24.0 Å². The molecule has 2 aromatic rings. The van der Waals surface area contributed by atoms with Gasteiger partial charge in [-0.15, -0.1) is 0 Å². The Kier molecular flexibility index (Phi) is 8.46. The van der Waals surface area contributed by atoms with Gasteiger partial charge in [-0.25, -0.2) is 4.39 Å². The molecule has 2 aromatic carbocycles. The van der Waals surface area contributed by atoms with Gasteiger partial charge < -0.3 is 25.6 Å². The topological polar surface area (TPSA) is 102 Å². The van der Waals surface area contributed by atoms with E-state index < -0.39 is 31.1 Å². The van der Waals surface area contributed by atoms with Crippen molar-refractivity contribution in [2.45, 2.75) is 51.1 Å². The molecule has 9 heteroatoms. The van der Waals surface area contributed by atoms with Crippen molar-refractivity contribution in [3.8, 4) is 0 Å². The van der Waals surface area contributed by atoms with Crippen molar-refractivity contribution in [3.63, 3.8) is 0 Å². The number of anilines is 1. The van der Waals surface area contributed by atoms with Crippen LogP contribution in [0.15, 0.2) is 54.6 Å². The van der Waals surface area contributed by atoms with Gasteiger partial charge in [0.25, 0.3) is 0 Å². The van der Waals surface area contributed by atoms with Gasteiger partial charge in [0.05, 0.1) is 5.94 Å². The Labute approximate surface area is 194 Å². The largest absolute Gasteiger partial charge is 0.475 e. The van der Waals surface area contributed by atoms with E-state index in [0.717, 1.165) is 11.3 Å². The third-order valence-electron chi connectivity index (χ3n) is 5.81. The van der Waals surface area contributed by atoms with E-state index in [2.05, 4.69) is 10.6 Å². The number of benzene rings is 2. The standard InChI is InChI=1S/C24H31BFN3O4/c1-16(2)14-22(25(32)33)28-23(30)20(15-17-6-4-3-5-7-17)27-24(31)21-12-13-29(21)19-10-8-18(26)9-11-19/h3-11,16,20-22,32-33H,12-15H2,1-2H3,(H,27,31)(H,28,30). The van der Waals surface area contributed by atoms with Crippen LogP contribution < -0.4 is 15.5 Å². The minimum Gasteiger partial charge on any atom is -0.426 e. The maximum absolute atomic E-state index is 13.3. The predicted molar refractivity (Wildman–Crippen MR) is 126 cm³/mol. The molecule has 33 heavy (non-hydrogen) atoms. The number of hydrogen-bond acceptors (Lipinski definition) is 5. The van der Waals surface area contributed by atoms with Crippen molar-refractivity contribution in [3.05, 3.63) is 66.0 Å². The maximum Gasteiger partial charge on any atom is 0.475 e. The third kappa shape index (κ3) is 6.79. The minimum atomic E-state index is -1.70. The van der Waals surface area contributed by atoms with Crippen molar-refractivity contribution in [1.82, 2.24) is 10.6 Å². The zero-order chi connectivity index (χ0) is 24.0. The Hall–Kier alpha value is -2.91. The Balaban J connectivity index is 1.72. The van der Waals surface area contributed by atoms with Gasteiger partial charge in [-0.2, -0.15) is 0 Å². The fraction of sp³-hybridized carbons (Fsp3) is 0.417. The van der Waals surface area contributed by atoms with Crippen LogP contribution in [0.25, 0.3) is 0 Å². The molecule has 0 bridgehead atoms. The Morgan fingerprint density at radius 3 is 2.30 bits per heavy atom. The lowest BCUT2D eigenvalue weighted by molar-refractivity contribution is -0.130. The Bertz CT molecular complexity index is 927. The fourth-order valence-corrected chi connectivity index (χ4v) is 3.97. The highest BCUT2D eigenvalue weighted by atomic mass is 19.1. The van der Waals surface area contributed by atoms with E-state index in [4.69, 9.17) is 0 Å². The minimum absolute atomic E-state index is 0.138. The first-order valence-corrected chi connectivity index (χ1v) is 11.3. The van der Waals surface area contributed by atoms with Crippen LogP contribution in [-0.2, 0) is 16.0 Å². The molecular formula is C24H31BFN3O4. The second kappa shape index (κ2) is 11.3. The van der Waals surface area contributed by atoms with Crippen LogP contribution >= 0.6 is 0 Å². The van der Waals surface area contributed by atoms with Gasteiger partial charge in [0, 0.05) is 18.7 Å². The molecule has 0 radical (unpaired) electrons. The molecule has 3 atom stereocenters. The number of halogens is 1. The highest BCUT2D eigenvalue weighted by Crippen LogP contribution is 2.27. The van der Waals surface area contributed by atoms with Gasteiger partial charge in [-0.1, -0.05) is 44.2 Å². The molecule has 0 spiro atoms. The van der Waals surface area contributed by atoms with E-state index in [9.17, 15) is 24.0 Å². The van der Waals surface area contributed by atoms with Crippen LogP contribution in [0.5, 0.6) is 0 Å². The zero-order valence-electron chi connectivity index (χ0n) is 18.9. The van der Waals surface area contributed by atoms with E-state index in [1.165, 1.54) is 12.1 Å². The average Bonchev–Trinajstić information content (AvgIpc) is 2.74. The van der Waals surface area contributed by atoms with Crippen LogP contribution in [0, 0.1) is 11.7 Å². The van der Waals surface area contributed by atoms with Crippen LogP contribution in [-0.4, -0.2) is 53.6 Å². The monoisotopic (exact) mass is 455 g/mol. The first-order chi connectivity index (χ1) is 15.7. The summed E-state index contributed by atoms with van der Waals surface area (Å²) in [4.78, 5) is 28.0. The fourth-order valence-electron chi connectivity index (χ4n) is 3.97. The summed E-state index contributed by atoms with van der Waals surface area (Å²) in [7, 11) is -1.70. The molecule has 1 fully saturated rings. The van der Waals surface area contributed by atoms with Crippen molar-refractivity contribution in [2.75, 3.05) is 11.4 Å². The molecule has 1 heterocycles. The summed E-state index contributed by atoms with van der Waals surface area (Å²) in [6.45, 7) is 4.50. The number of rotatable bonds is 10. The van der Waals surface area contributed by atoms with Crippen LogP contribution in [0.1, 0.15) is 32.3 Å². The molecular weight excluding hydrogens is 424 g/mol. The van der Waals surface area contributed by atoms with Crippen LogP contribution in [0.4, 0.5) is 10.1 Å². The highest BCUT2D eigenvalue weighted by Gasteiger charge is 2.37. The Morgan fingerprint density at radius 2 is 1.76 bits per heavy atom. The lowest BCUT2D eigenvalue weighted by Crippen LogP contribution is -2.61. The van der Waals surface area contributed by atoms with Gasteiger partial charge in [-0.05, 0) is 48.6 Å². The summed E-state index contributed by atoms with van der Waals surface area (Å²) in [5.41, 5.74) is 1.61. The summed E-state index contributed by atoms with van der Waals surface area (Å²) in [6.07, 6.45) is 1.27. The summed E-state index contributed by atoms with van der Waals surface area (Å²) in [5.74, 6) is -1.82. The van der Waals surface area contributed by atoms with E-state index in [1.807, 2.05) is 49.1 Å². The van der Waals surface area contributed by atoms with Gasteiger partial charge >= 0.3 is 7.12 Å². The molecule has 4 N–H and O–H groups in total. The molecule has 0 aliphatic carbocycles. The quantitative estimate of drug-likeness (QED) is 0.409. The van der Waals surface area contributed by atoms with Crippen LogP contribution in [0.2, 0.25) is 0 Å². The molecule has 3 rings (SSSR count). The molecule has 1 saturated heterocycles. The summed E-state index contributed by atoms with van der Waals surface area (Å²) < 4.78 is 13.3. The second-order valence-electron chi connectivity index (χ2n) is 8.88. The first-order valence-electron chi connectivity index (χ1n) is 11.3. The lowest BCUT2D eigenvalue weighted by atomic mass is 9.75.